The van der Waals surface area contributed by atoms with Crippen LogP contribution in [-0.4, -0.2) is 20.9 Å². The van der Waals surface area contributed by atoms with E-state index in [4.69, 9.17) is 0 Å². The number of phenolic OH excluding ortho intramolecular Hbond substituents is 1. The lowest BCUT2D eigenvalue weighted by molar-refractivity contribution is 0.103. The molecule has 0 aliphatic rings. The first-order chi connectivity index (χ1) is 9.70. The molecule has 2 N–H and O–H groups in total. The quantitative estimate of drug-likeness (QED) is 0.716. The van der Waals surface area contributed by atoms with Crippen LogP contribution in [0.1, 0.15) is 28.5 Å². The van der Waals surface area contributed by atoms with E-state index in [0.717, 1.165) is 23.0 Å². The molecule has 4 heteroatoms. The maximum Gasteiger partial charge on any atom is 0.195 e. The van der Waals surface area contributed by atoms with Crippen molar-refractivity contribution in [1.29, 1.82) is 0 Å². The number of nitrogens with zero attached hydrogens (tertiary/aromatic N) is 1. The highest BCUT2D eigenvalue weighted by Crippen LogP contribution is 2.25. The Bertz CT molecular complexity index is 773. The summed E-state index contributed by atoms with van der Waals surface area (Å²) < 4.78 is 0. The number of carbonyl (C=O) groups excluding carboxylic acids is 1. The zero-order chi connectivity index (χ0) is 14.1. The number of benzene rings is 1. The maximum atomic E-state index is 12.7. The van der Waals surface area contributed by atoms with Crippen molar-refractivity contribution in [3.63, 3.8) is 0 Å². The minimum Gasteiger partial charge on any atom is -0.508 e. The van der Waals surface area contributed by atoms with E-state index in [1.54, 1.807) is 24.5 Å². The monoisotopic (exact) mass is 266 g/mol. The average Bonchev–Trinajstić information content (AvgIpc) is 2.85. The second-order valence-electron chi connectivity index (χ2n) is 4.63. The highest BCUT2D eigenvalue weighted by atomic mass is 16.3. The van der Waals surface area contributed by atoms with Gasteiger partial charge in [-0.05, 0) is 36.8 Å². The molecule has 0 spiro atoms. The fourth-order valence-electron chi connectivity index (χ4n) is 2.38. The number of aryl methyl sites for hydroxylation is 1. The molecule has 0 radical (unpaired) electrons. The van der Waals surface area contributed by atoms with Crippen LogP contribution in [0.3, 0.4) is 0 Å². The van der Waals surface area contributed by atoms with Gasteiger partial charge in [0.1, 0.15) is 5.75 Å². The summed E-state index contributed by atoms with van der Waals surface area (Å²) in [6, 6.07) is 8.16. The van der Waals surface area contributed by atoms with Gasteiger partial charge in [0.15, 0.2) is 5.78 Å². The summed E-state index contributed by atoms with van der Waals surface area (Å²) in [4.78, 5) is 20.0. The van der Waals surface area contributed by atoms with Crippen molar-refractivity contribution >= 4 is 16.7 Å². The summed E-state index contributed by atoms with van der Waals surface area (Å²) in [6.07, 6.45) is 4.15. The third-order valence-corrected chi connectivity index (χ3v) is 3.39. The standard InChI is InChI=1S/C16H14N2O2/c1-2-13-15(12-7-8-17-9-14(12)18-13)16(20)10-3-5-11(19)6-4-10/h3-9,18-19H,2H2,1H3. The van der Waals surface area contributed by atoms with E-state index < -0.39 is 0 Å². The molecule has 3 aromatic rings. The molecule has 0 aliphatic heterocycles. The lowest BCUT2D eigenvalue weighted by Crippen LogP contribution is -2.03. The lowest BCUT2D eigenvalue weighted by Gasteiger charge is -2.03. The summed E-state index contributed by atoms with van der Waals surface area (Å²) in [7, 11) is 0. The Hall–Kier alpha value is -2.62. The van der Waals surface area contributed by atoms with Crippen LogP contribution in [0.5, 0.6) is 5.75 Å². The summed E-state index contributed by atoms with van der Waals surface area (Å²) in [5.74, 6) is 0.111. The number of carbonyl (C=O) groups is 1. The van der Waals surface area contributed by atoms with Gasteiger partial charge in [0.25, 0.3) is 0 Å². The van der Waals surface area contributed by atoms with Gasteiger partial charge in [0.05, 0.1) is 17.3 Å². The fraction of sp³-hybridized carbons (Fsp3) is 0.125. The number of phenols is 1. The molecule has 1 aromatic carbocycles. The van der Waals surface area contributed by atoms with Crippen molar-refractivity contribution in [2.75, 3.05) is 0 Å². The summed E-state index contributed by atoms with van der Waals surface area (Å²) >= 11 is 0. The number of aromatic hydroxyl groups is 1. The average molecular weight is 266 g/mol. The van der Waals surface area contributed by atoms with Crippen molar-refractivity contribution in [1.82, 2.24) is 9.97 Å². The van der Waals surface area contributed by atoms with Crippen LogP contribution in [0.2, 0.25) is 0 Å². The molecule has 0 bridgehead atoms. The van der Waals surface area contributed by atoms with E-state index in [1.165, 1.54) is 12.1 Å². The molecule has 0 fully saturated rings. The number of aromatic amines is 1. The van der Waals surface area contributed by atoms with Gasteiger partial charge in [0, 0.05) is 22.8 Å². The van der Waals surface area contributed by atoms with Gasteiger partial charge >= 0.3 is 0 Å². The Morgan fingerprint density at radius 3 is 2.70 bits per heavy atom. The highest BCUT2D eigenvalue weighted by molar-refractivity contribution is 6.17. The molecule has 0 saturated carbocycles. The van der Waals surface area contributed by atoms with Crippen molar-refractivity contribution in [2.24, 2.45) is 0 Å². The van der Waals surface area contributed by atoms with Crippen molar-refractivity contribution in [3.8, 4) is 5.75 Å². The van der Waals surface area contributed by atoms with E-state index in [9.17, 15) is 9.90 Å². The number of fused-ring (bicyclic) bond motifs is 1. The van der Waals surface area contributed by atoms with Crippen molar-refractivity contribution in [2.45, 2.75) is 13.3 Å². The molecule has 20 heavy (non-hydrogen) atoms. The van der Waals surface area contributed by atoms with Crippen LogP contribution in [0.15, 0.2) is 42.7 Å². The second kappa shape index (κ2) is 4.81. The number of hydrogen-bond acceptors (Lipinski definition) is 3. The first-order valence-corrected chi connectivity index (χ1v) is 6.49. The number of ketones is 1. The molecule has 0 amide bonds. The first kappa shape index (κ1) is 12.4. The van der Waals surface area contributed by atoms with Gasteiger partial charge in [-0.3, -0.25) is 9.78 Å². The molecule has 0 atom stereocenters. The third-order valence-electron chi connectivity index (χ3n) is 3.39. The summed E-state index contributed by atoms with van der Waals surface area (Å²) in [5, 5.41) is 10.2. The van der Waals surface area contributed by atoms with Crippen LogP contribution >= 0.6 is 0 Å². The van der Waals surface area contributed by atoms with Crippen molar-refractivity contribution < 1.29 is 9.90 Å². The van der Waals surface area contributed by atoms with Gasteiger partial charge in [0.2, 0.25) is 0 Å². The Morgan fingerprint density at radius 1 is 1.25 bits per heavy atom. The predicted molar refractivity (Wildman–Crippen MR) is 77.0 cm³/mol. The SMILES string of the molecule is CCc1[nH]c2cnccc2c1C(=O)c1ccc(O)cc1. The molecule has 3 rings (SSSR count). The number of nitrogens with one attached hydrogen (secondary N) is 1. The largest absolute Gasteiger partial charge is 0.508 e. The van der Waals surface area contributed by atoms with E-state index >= 15 is 0 Å². The predicted octanol–water partition coefficient (Wildman–Crippen LogP) is 3.06. The fourth-order valence-corrected chi connectivity index (χ4v) is 2.38. The molecule has 2 aromatic heterocycles. The number of aromatic nitrogens is 2. The summed E-state index contributed by atoms with van der Waals surface area (Å²) in [5.41, 5.74) is 3.03. The van der Waals surface area contributed by atoms with Gasteiger partial charge in [-0.1, -0.05) is 6.92 Å². The number of pyridine rings is 1. The molecule has 4 nitrogen and oxygen atoms in total. The second-order valence-corrected chi connectivity index (χ2v) is 4.63. The van der Waals surface area contributed by atoms with Crippen LogP contribution in [0.25, 0.3) is 10.9 Å². The van der Waals surface area contributed by atoms with Crippen LogP contribution in [0, 0.1) is 0 Å². The third kappa shape index (κ3) is 1.95. The van der Waals surface area contributed by atoms with Crippen LogP contribution in [0.4, 0.5) is 0 Å². The Labute approximate surface area is 116 Å². The maximum absolute atomic E-state index is 12.7. The molecule has 0 saturated heterocycles. The minimum atomic E-state index is -0.0423. The molecule has 100 valence electrons. The Morgan fingerprint density at radius 2 is 2.00 bits per heavy atom. The Balaban J connectivity index is 2.17. The molecule has 0 unspecified atom stereocenters. The van der Waals surface area contributed by atoms with Gasteiger partial charge < -0.3 is 10.1 Å². The topological polar surface area (TPSA) is 66.0 Å². The van der Waals surface area contributed by atoms with E-state index in [2.05, 4.69) is 9.97 Å². The van der Waals surface area contributed by atoms with Gasteiger partial charge in [-0.25, -0.2) is 0 Å². The van der Waals surface area contributed by atoms with Gasteiger partial charge in [-0.2, -0.15) is 0 Å². The smallest absolute Gasteiger partial charge is 0.195 e. The van der Waals surface area contributed by atoms with Crippen LogP contribution in [-0.2, 0) is 6.42 Å². The molecule has 2 heterocycles. The lowest BCUT2D eigenvalue weighted by atomic mass is 10.00. The molecular formula is C16H14N2O2. The van der Waals surface area contributed by atoms with E-state index in [-0.39, 0.29) is 11.5 Å². The van der Waals surface area contributed by atoms with E-state index in [0.29, 0.717) is 11.1 Å². The Kier molecular flexibility index (Phi) is 2.99. The zero-order valence-corrected chi connectivity index (χ0v) is 11.1. The number of hydrogen-bond donors (Lipinski definition) is 2. The normalized spacial score (nSPS) is 10.8. The number of rotatable bonds is 3. The molecular weight excluding hydrogens is 252 g/mol. The van der Waals surface area contributed by atoms with E-state index in [1.807, 2.05) is 13.0 Å². The number of H-pyrrole nitrogens is 1. The summed E-state index contributed by atoms with van der Waals surface area (Å²) in [6.45, 7) is 2.01. The van der Waals surface area contributed by atoms with Gasteiger partial charge in [-0.15, -0.1) is 0 Å². The van der Waals surface area contributed by atoms with Crippen LogP contribution < -0.4 is 0 Å². The molecule has 0 aliphatic carbocycles. The first-order valence-electron chi connectivity index (χ1n) is 6.49. The zero-order valence-electron chi connectivity index (χ0n) is 11.1. The minimum absolute atomic E-state index is 0.0423. The highest BCUT2D eigenvalue weighted by Gasteiger charge is 2.18. The van der Waals surface area contributed by atoms with Crippen molar-refractivity contribution in [3.05, 3.63) is 59.5 Å².